The Labute approximate surface area is 194 Å². The van der Waals surface area contributed by atoms with Crippen LogP contribution in [0.25, 0.3) is 0 Å². The van der Waals surface area contributed by atoms with Crippen molar-refractivity contribution in [1.82, 2.24) is 9.62 Å². The number of hydrogen-bond donors (Lipinski definition) is 2. The largest absolute Gasteiger partial charge is 0.489 e. The van der Waals surface area contributed by atoms with Crippen molar-refractivity contribution in [2.75, 3.05) is 19.3 Å². The van der Waals surface area contributed by atoms with E-state index in [1.54, 1.807) is 24.3 Å². The minimum absolute atomic E-state index is 0.0403. The van der Waals surface area contributed by atoms with Gasteiger partial charge in [-0.25, -0.2) is 17.5 Å². The van der Waals surface area contributed by atoms with Gasteiger partial charge in [0.05, 0.1) is 6.26 Å². The molecule has 33 heavy (non-hydrogen) atoms. The fraction of sp³-hybridized carbons (Fsp3) is 0.417. The number of carboxylic acids is 1. The molecule has 1 fully saturated rings. The van der Waals surface area contributed by atoms with Crippen molar-refractivity contribution in [3.05, 3.63) is 65.7 Å². The summed E-state index contributed by atoms with van der Waals surface area (Å²) in [6.07, 6.45) is 2.70. The van der Waals surface area contributed by atoms with E-state index in [1.807, 2.05) is 30.3 Å². The van der Waals surface area contributed by atoms with E-state index in [-0.39, 0.29) is 24.7 Å². The molecule has 1 atom stereocenters. The Kier molecular flexibility index (Phi) is 8.46. The molecule has 8 nitrogen and oxygen atoms in total. The van der Waals surface area contributed by atoms with Gasteiger partial charge in [0.1, 0.15) is 18.4 Å². The van der Waals surface area contributed by atoms with E-state index < -0.39 is 22.0 Å². The second-order valence-corrected chi connectivity index (χ2v) is 10.4. The van der Waals surface area contributed by atoms with E-state index in [9.17, 15) is 23.1 Å². The molecule has 0 saturated carbocycles. The number of piperidine rings is 1. The average Bonchev–Trinajstić information content (AvgIpc) is 2.78. The van der Waals surface area contributed by atoms with E-state index in [4.69, 9.17) is 4.74 Å². The monoisotopic (exact) mass is 474 g/mol. The fourth-order valence-corrected chi connectivity index (χ4v) is 4.73. The molecule has 0 radical (unpaired) electrons. The van der Waals surface area contributed by atoms with Crippen LogP contribution in [0.4, 0.5) is 0 Å². The number of aliphatic carboxylic acids is 1. The van der Waals surface area contributed by atoms with Crippen molar-refractivity contribution in [2.45, 2.75) is 38.3 Å². The van der Waals surface area contributed by atoms with E-state index in [2.05, 4.69) is 5.32 Å². The zero-order valence-electron chi connectivity index (χ0n) is 18.6. The number of carboxylic acid groups (broad SMARTS) is 1. The highest BCUT2D eigenvalue weighted by atomic mass is 32.2. The Balaban J connectivity index is 1.48. The lowest BCUT2D eigenvalue weighted by atomic mass is 9.94. The maximum atomic E-state index is 12.4. The summed E-state index contributed by atoms with van der Waals surface area (Å²) in [6.45, 7) is 1.22. The Morgan fingerprint density at radius 2 is 1.70 bits per heavy atom. The maximum absolute atomic E-state index is 12.4. The minimum Gasteiger partial charge on any atom is -0.489 e. The van der Waals surface area contributed by atoms with Gasteiger partial charge in [0.2, 0.25) is 15.9 Å². The first-order chi connectivity index (χ1) is 15.7. The first kappa shape index (κ1) is 24.7. The van der Waals surface area contributed by atoms with Gasteiger partial charge >= 0.3 is 5.97 Å². The lowest BCUT2D eigenvalue weighted by molar-refractivity contribution is -0.142. The number of sulfonamides is 1. The lowest BCUT2D eigenvalue weighted by Crippen LogP contribution is -2.44. The Morgan fingerprint density at radius 1 is 1.06 bits per heavy atom. The molecule has 1 amide bonds. The average molecular weight is 475 g/mol. The molecule has 1 aliphatic rings. The number of amides is 1. The van der Waals surface area contributed by atoms with Gasteiger partial charge < -0.3 is 15.2 Å². The predicted molar refractivity (Wildman–Crippen MR) is 124 cm³/mol. The highest BCUT2D eigenvalue weighted by Gasteiger charge is 2.27. The normalized spacial score (nSPS) is 16.2. The van der Waals surface area contributed by atoms with Crippen LogP contribution < -0.4 is 10.1 Å². The van der Waals surface area contributed by atoms with Crippen molar-refractivity contribution in [3.63, 3.8) is 0 Å². The van der Waals surface area contributed by atoms with Gasteiger partial charge in [-0.3, -0.25) is 4.79 Å². The molecule has 1 saturated heterocycles. The Bertz CT molecular complexity index is 1030. The Morgan fingerprint density at radius 3 is 2.27 bits per heavy atom. The molecule has 9 heteroatoms. The van der Waals surface area contributed by atoms with Gasteiger partial charge in [-0.2, -0.15) is 0 Å². The van der Waals surface area contributed by atoms with Crippen LogP contribution in [0.15, 0.2) is 54.6 Å². The van der Waals surface area contributed by atoms with Gasteiger partial charge in [0.25, 0.3) is 0 Å². The highest BCUT2D eigenvalue weighted by Crippen LogP contribution is 2.22. The van der Waals surface area contributed by atoms with Crippen LogP contribution in [0.1, 0.15) is 30.4 Å². The van der Waals surface area contributed by atoms with Crippen LogP contribution in [0, 0.1) is 5.92 Å². The van der Waals surface area contributed by atoms with Gasteiger partial charge in [-0.05, 0) is 42.0 Å². The molecule has 3 rings (SSSR count). The number of hydrogen-bond acceptors (Lipinski definition) is 5. The molecule has 1 heterocycles. The van der Waals surface area contributed by atoms with Crippen molar-refractivity contribution in [3.8, 4) is 5.75 Å². The summed E-state index contributed by atoms with van der Waals surface area (Å²) in [7, 11) is -3.22. The van der Waals surface area contributed by atoms with Gasteiger partial charge in [0.15, 0.2) is 0 Å². The highest BCUT2D eigenvalue weighted by molar-refractivity contribution is 7.88. The predicted octanol–water partition coefficient (Wildman–Crippen LogP) is 2.44. The van der Waals surface area contributed by atoms with Crippen LogP contribution in [-0.4, -0.2) is 55.1 Å². The third-order valence-electron chi connectivity index (χ3n) is 5.76. The van der Waals surface area contributed by atoms with Crippen LogP contribution in [0.5, 0.6) is 5.75 Å². The molecule has 0 aromatic heterocycles. The van der Waals surface area contributed by atoms with Crippen LogP contribution in [0.2, 0.25) is 0 Å². The molecular weight excluding hydrogens is 444 g/mol. The molecule has 178 valence electrons. The van der Waals surface area contributed by atoms with Crippen molar-refractivity contribution < 1.29 is 27.9 Å². The summed E-state index contributed by atoms with van der Waals surface area (Å²) in [6, 6.07) is 15.9. The van der Waals surface area contributed by atoms with E-state index >= 15 is 0 Å². The molecule has 1 aliphatic heterocycles. The summed E-state index contributed by atoms with van der Waals surface area (Å²) >= 11 is 0. The van der Waals surface area contributed by atoms with Crippen LogP contribution in [0.3, 0.4) is 0 Å². The standard InChI is InChI=1S/C24H30N2O6S/c1-33(30,31)26-13-11-19(12-14-26)16-23(27)25-22(24(28)29)15-18-7-9-21(10-8-18)32-17-20-5-3-2-4-6-20/h2-10,19,22H,11-17H2,1H3,(H,25,27)(H,28,29). The SMILES string of the molecule is CS(=O)(=O)N1CCC(CC(=O)NC(Cc2ccc(OCc3ccccc3)cc2)C(=O)O)CC1. The van der Waals surface area contributed by atoms with Crippen molar-refractivity contribution >= 4 is 21.9 Å². The summed E-state index contributed by atoms with van der Waals surface area (Å²) in [5.74, 6) is -0.708. The smallest absolute Gasteiger partial charge is 0.326 e. The second-order valence-electron chi connectivity index (χ2n) is 8.39. The summed E-state index contributed by atoms with van der Waals surface area (Å²) in [5.41, 5.74) is 1.83. The molecule has 2 aromatic rings. The first-order valence-electron chi connectivity index (χ1n) is 10.9. The maximum Gasteiger partial charge on any atom is 0.326 e. The zero-order valence-corrected chi connectivity index (χ0v) is 19.5. The number of nitrogens with zero attached hydrogens (tertiary/aromatic N) is 1. The fourth-order valence-electron chi connectivity index (χ4n) is 3.86. The zero-order chi connectivity index (χ0) is 23.8. The number of carbonyl (C=O) groups excluding carboxylic acids is 1. The Hall–Kier alpha value is -2.91. The third-order valence-corrected chi connectivity index (χ3v) is 7.06. The summed E-state index contributed by atoms with van der Waals surface area (Å²) in [4.78, 5) is 24.1. The van der Waals surface area contributed by atoms with E-state index in [0.29, 0.717) is 38.3 Å². The summed E-state index contributed by atoms with van der Waals surface area (Å²) < 4.78 is 30.4. The number of benzene rings is 2. The molecule has 2 N–H and O–H groups in total. The number of rotatable bonds is 10. The molecule has 0 aliphatic carbocycles. The number of ether oxygens (including phenoxy) is 1. The van der Waals surface area contributed by atoms with Crippen molar-refractivity contribution in [2.24, 2.45) is 5.92 Å². The lowest BCUT2D eigenvalue weighted by Gasteiger charge is -2.30. The van der Waals surface area contributed by atoms with Gasteiger partial charge in [-0.15, -0.1) is 0 Å². The number of carbonyl (C=O) groups is 2. The van der Waals surface area contributed by atoms with Crippen molar-refractivity contribution in [1.29, 1.82) is 0 Å². The quantitative estimate of drug-likeness (QED) is 0.547. The first-order valence-corrected chi connectivity index (χ1v) is 12.8. The van der Waals surface area contributed by atoms with Crippen LogP contribution >= 0.6 is 0 Å². The third kappa shape index (κ3) is 7.87. The topological polar surface area (TPSA) is 113 Å². The van der Waals surface area contributed by atoms with Gasteiger partial charge in [0, 0.05) is 25.9 Å². The minimum atomic E-state index is -3.22. The molecule has 0 spiro atoms. The van der Waals surface area contributed by atoms with E-state index in [0.717, 1.165) is 11.1 Å². The molecule has 1 unspecified atom stereocenters. The second kappa shape index (κ2) is 11.3. The van der Waals surface area contributed by atoms with Gasteiger partial charge in [-0.1, -0.05) is 42.5 Å². The number of nitrogens with one attached hydrogen (secondary N) is 1. The molecular formula is C24H30N2O6S. The van der Waals surface area contributed by atoms with Crippen LogP contribution in [-0.2, 0) is 32.6 Å². The summed E-state index contributed by atoms with van der Waals surface area (Å²) in [5, 5.41) is 12.2. The molecule has 2 aromatic carbocycles. The molecule has 0 bridgehead atoms. The van der Waals surface area contributed by atoms with E-state index in [1.165, 1.54) is 10.6 Å².